The summed E-state index contributed by atoms with van der Waals surface area (Å²) < 4.78 is 16.7. The molecule has 2 fully saturated rings. The smallest absolute Gasteiger partial charge is 0.136 e. The first-order valence-electron chi connectivity index (χ1n) is 8.68. The first-order valence-corrected chi connectivity index (χ1v) is 8.68. The van der Waals surface area contributed by atoms with E-state index in [9.17, 15) is 5.26 Å². The molecule has 5 nitrogen and oxygen atoms in total. The largest absolute Gasteiger partial charge is 0.495 e. The van der Waals surface area contributed by atoms with Gasteiger partial charge in [-0.25, -0.2) is 0 Å². The van der Waals surface area contributed by atoms with Gasteiger partial charge in [-0.2, -0.15) is 5.26 Å². The van der Waals surface area contributed by atoms with Gasteiger partial charge in [0.05, 0.1) is 32.0 Å². The molecule has 0 bridgehead atoms. The van der Waals surface area contributed by atoms with Crippen molar-refractivity contribution < 1.29 is 14.2 Å². The second kappa shape index (κ2) is 7.98. The summed E-state index contributed by atoms with van der Waals surface area (Å²) in [5.41, 5.74) is 1.74. The first-order chi connectivity index (χ1) is 11.8. The van der Waals surface area contributed by atoms with Gasteiger partial charge in [0.25, 0.3) is 0 Å². The van der Waals surface area contributed by atoms with Crippen molar-refractivity contribution in [1.82, 2.24) is 4.90 Å². The molecule has 1 aliphatic heterocycles. The molecule has 1 saturated heterocycles. The highest BCUT2D eigenvalue weighted by molar-refractivity contribution is 5.45. The molecule has 130 valence electrons. The Hall–Kier alpha value is -1.61. The van der Waals surface area contributed by atoms with Crippen LogP contribution in [0.3, 0.4) is 0 Å². The van der Waals surface area contributed by atoms with Crippen LogP contribution in [0.25, 0.3) is 0 Å². The van der Waals surface area contributed by atoms with Crippen molar-refractivity contribution >= 4 is 0 Å². The van der Waals surface area contributed by atoms with E-state index in [2.05, 4.69) is 17.0 Å². The lowest BCUT2D eigenvalue weighted by Gasteiger charge is -2.40. The Balaban J connectivity index is 1.76. The van der Waals surface area contributed by atoms with Crippen molar-refractivity contribution in [3.8, 4) is 11.8 Å². The number of methoxy groups -OCH3 is 2. The normalized spacial score (nSPS) is 27.8. The van der Waals surface area contributed by atoms with E-state index in [1.54, 1.807) is 7.11 Å². The molecule has 3 rings (SSSR count). The number of nitrogens with zero attached hydrogens (tertiary/aromatic N) is 2. The molecular formula is C19H26N2O3. The standard InChI is InChI=1S/C19H26N2O3/c1-22-18-7-6-14(10-15(18)11-20)12-21-8-9-24-13-17(21)16-4-3-5-19(16)23-2/h6-7,10,16-17,19H,3-5,8-9,12-13H2,1-2H3. The lowest BCUT2D eigenvalue weighted by atomic mass is 9.93. The van der Waals surface area contributed by atoms with E-state index in [4.69, 9.17) is 14.2 Å². The van der Waals surface area contributed by atoms with E-state index >= 15 is 0 Å². The third kappa shape index (κ3) is 3.56. The van der Waals surface area contributed by atoms with Crippen molar-refractivity contribution in [2.24, 2.45) is 5.92 Å². The highest BCUT2D eigenvalue weighted by Gasteiger charge is 2.38. The van der Waals surface area contributed by atoms with Crippen LogP contribution >= 0.6 is 0 Å². The Morgan fingerprint density at radius 1 is 1.33 bits per heavy atom. The van der Waals surface area contributed by atoms with Crippen LogP contribution in [0.4, 0.5) is 0 Å². The second-order valence-electron chi connectivity index (χ2n) is 6.63. The summed E-state index contributed by atoms with van der Waals surface area (Å²) in [6.45, 7) is 3.29. The van der Waals surface area contributed by atoms with Gasteiger partial charge in [-0.3, -0.25) is 4.90 Å². The summed E-state index contributed by atoms with van der Waals surface area (Å²) in [7, 11) is 3.42. The fourth-order valence-electron chi connectivity index (χ4n) is 4.11. The molecule has 1 aromatic carbocycles. The van der Waals surface area contributed by atoms with Gasteiger partial charge in [-0.05, 0) is 30.5 Å². The van der Waals surface area contributed by atoms with E-state index in [0.717, 1.165) is 38.3 Å². The van der Waals surface area contributed by atoms with Crippen molar-refractivity contribution in [2.45, 2.75) is 38.0 Å². The van der Waals surface area contributed by atoms with Crippen LogP contribution in [-0.2, 0) is 16.0 Å². The molecule has 1 saturated carbocycles. The molecule has 1 aliphatic carbocycles. The Morgan fingerprint density at radius 2 is 2.21 bits per heavy atom. The molecule has 2 aliphatic rings. The highest BCUT2D eigenvalue weighted by atomic mass is 16.5. The Kier molecular flexibility index (Phi) is 5.72. The van der Waals surface area contributed by atoms with E-state index in [1.807, 2.05) is 19.2 Å². The zero-order valence-electron chi connectivity index (χ0n) is 14.5. The second-order valence-corrected chi connectivity index (χ2v) is 6.63. The van der Waals surface area contributed by atoms with Crippen LogP contribution in [0.15, 0.2) is 18.2 Å². The molecule has 3 atom stereocenters. The number of morpholine rings is 1. The van der Waals surface area contributed by atoms with Crippen LogP contribution in [-0.4, -0.2) is 51.0 Å². The van der Waals surface area contributed by atoms with Gasteiger partial charge in [-0.1, -0.05) is 12.5 Å². The zero-order valence-corrected chi connectivity index (χ0v) is 14.5. The summed E-state index contributed by atoms with van der Waals surface area (Å²) in [4.78, 5) is 2.49. The summed E-state index contributed by atoms with van der Waals surface area (Å²) in [6.07, 6.45) is 3.92. The molecule has 0 spiro atoms. The van der Waals surface area contributed by atoms with Gasteiger partial charge in [-0.15, -0.1) is 0 Å². The number of benzene rings is 1. The van der Waals surface area contributed by atoms with Crippen molar-refractivity contribution in [3.05, 3.63) is 29.3 Å². The van der Waals surface area contributed by atoms with Gasteiger partial charge >= 0.3 is 0 Å². The van der Waals surface area contributed by atoms with Gasteiger partial charge in [0.1, 0.15) is 11.8 Å². The number of hydrogen-bond acceptors (Lipinski definition) is 5. The minimum Gasteiger partial charge on any atom is -0.495 e. The van der Waals surface area contributed by atoms with Crippen LogP contribution in [0.1, 0.15) is 30.4 Å². The topological polar surface area (TPSA) is 54.7 Å². The Labute approximate surface area is 144 Å². The molecular weight excluding hydrogens is 304 g/mol. The van der Waals surface area contributed by atoms with Crippen molar-refractivity contribution in [3.63, 3.8) is 0 Å². The molecule has 24 heavy (non-hydrogen) atoms. The fourth-order valence-corrected chi connectivity index (χ4v) is 4.11. The SMILES string of the molecule is COc1ccc(CN2CCOCC2C2CCCC2OC)cc1C#N. The quantitative estimate of drug-likeness (QED) is 0.830. The van der Waals surface area contributed by atoms with Crippen LogP contribution in [0.5, 0.6) is 5.75 Å². The fraction of sp³-hybridized carbons (Fsp3) is 0.632. The van der Waals surface area contributed by atoms with Crippen LogP contribution in [0.2, 0.25) is 0 Å². The third-order valence-electron chi connectivity index (χ3n) is 5.35. The molecule has 1 heterocycles. The number of ether oxygens (including phenoxy) is 3. The maximum absolute atomic E-state index is 9.29. The Morgan fingerprint density at radius 3 is 2.96 bits per heavy atom. The number of hydrogen-bond donors (Lipinski definition) is 0. The minimum absolute atomic E-state index is 0.338. The van der Waals surface area contributed by atoms with Gasteiger partial charge in [0.15, 0.2) is 0 Å². The molecule has 3 unspecified atom stereocenters. The molecule has 0 N–H and O–H groups in total. The molecule has 5 heteroatoms. The molecule has 0 aromatic heterocycles. The predicted octanol–water partition coefficient (Wildman–Crippen LogP) is 2.58. The minimum atomic E-state index is 0.338. The van der Waals surface area contributed by atoms with Gasteiger partial charge in [0, 0.05) is 32.2 Å². The maximum atomic E-state index is 9.29. The lowest BCUT2D eigenvalue weighted by molar-refractivity contribution is -0.0608. The molecule has 0 amide bonds. The number of nitriles is 1. The van der Waals surface area contributed by atoms with E-state index in [0.29, 0.717) is 29.4 Å². The predicted molar refractivity (Wildman–Crippen MR) is 90.9 cm³/mol. The van der Waals surface area contributed by atoms with Crippen molar-refractivity contribution in [1.29, 1.82) is 5.26 Å². The summed E-state index contributed by atoms with van der Waals surface area (Å²) in [6, 6.07) is 8.48. The zero-order chi connectivity index (χ0) is 16.9. The average molecular weight is 330 g/mol. The van der Waals surface area contributed by atoms with E-state index < -0.39 is 0 Å². The van der Waals surface area contributed by atoms with E-state index in [-0.39, 0.29) is 0 Å². The summed E-state index contributed by atoms with van der Waals surface area (Å²) in [5.74, 6) is 1.17. The maximum Gasteiger partial charge on any atom is 0.136 e. The highest BCUT2D eigenvalue weighted by Crippen LogP contribution is 2.34. The van der Waals surface area contributed by atoms with Crippen LogP contribution in [0, 0.1) is 17.2 Å². The molecule has 1 aromatic rings. The monoisotopic (exact) mass is 330 g/mol. The first kappa shape index (κ1) is 17.2. The molecule has 0 radical (unpaired) electrons. The van der Waals surface area contributed by atoms with Gasteiger partial charge < -0.3 is 14.2 Å². The van der Waals surface area contributed by atoms with Crippen LogP contribution < -0.4 is 4.74 Å². The third-order valence-corrected chi connectivity index (χ3v) is 5.35. The van der Waals surface area contributed by atoms with Crippen molar-refractivity contribution in [2.75, 3.05) is 34.0 Å². The van der Waals surface area contributed by atoms with Gasteiger partial charge in [0.2, 0.25) is 0 Å². The summed E-state index contributed by atoms with van der Waals surface area (Å²) in [5, 5.41) is 9.29. The lowest BCUT2D eigenvalue weighted by Crippen LogP contribution is -2.50. The van der Waals surface area contributed by atoms with E-state index in [1.165, 1.54) is 12.8 Å². The summed E-state index contributed by atoms with van der Waals surface area (Å²) >= 11 is 0. The Bertz CT molecular complexity index is 599. The average Bonchev–Trinajstić information content (AvgIpc) is 3.10. The number of rotatable bonds is 5.